The van der Waals surface area contributed by atoms with E-state index in [0.717, 1.165) is 6.07 Å². The molecule has 94 valence electrons. The lowest BCUT2D eigenvalue weighted by Crippen LogP contribution is -2.34. The van der Waals surface area contributed by atoms with Crippen molar-refractivity contribution in [2.24, 2.45) is 0 Å². The van der Waals surface area contributed by atoms with Crippen LogP contribution in [-0.4, -0.2) is 30.3 Å². The highest BCUT2D eigenvalue weighted by Crippen LogP contribution is 2.24. The predicted molar refractivity (Wildman–Crippen MR) is 61.6 cm³/mol. The topological polar surface area (TPSA) is 58.6 Å². The summed E-state index contributed by atoms with van der Waals surface area (Å²) in [6, 6.07) is 3.64. The van der Waals surface area contributed by atoms with E-state index in [2.05, 4.69) is 5.32 Å². The third-order valence-electron chi connectivity index (χ3n) is 1.85. The lowest BCUT2D eigenvalue weighted by Gasteiger charge is -2.09. The van der Waals surface area contributed by atoms with Crippen LogP contribution in [0.1, 0.15) is 6.92 Å². The molecular formula is C11H13ClFNO3. The zero-order chi connectivity index (χ0) is 12.8. The maximum atomic E-state index is 12.7. The van der Waals surface area contributed by atoms with Gasteiger partial charge in [0.05, 0.1) is 11.1 Å². The molecule has 0 fully saturated rings. The van der Waals surface area contributed by atoms with E-state index in [1.165, 1.54) is 12.1 Å². The van der Waals surface area contributed by atoms with Gasteiger partial charge in [0.1, 0.15) is 11.6 Å². The Kier molecular flexibility index (Phi) is 5.18. The third-order valence-corrected chi connectivity index (χ3v) is 2.14. The van der Waals surface area contributed by atoms with Gasteiger partial charge >= 0.3 is 0 Å². The van der Waals surface area contributed by atoms with Crippen molar-refractivity contribution in [3.63, 3.8) is 0 Å². The fraction of sp³-hybridized carbons (Fsp3) is 0.364. The van der Waals surface area contributed by atoms with Crippen LogP contribution in [-0.2, 0) is 4.79 Å². The number of halogens is 2. The lowest BCUT2D eigenvalue weighted by molar-refractivity contribution is -0.123. The van der Waals surface area contributed by atoms with Crippen LogP contribution in [0.15, 0.2) is 18.2 Å². The first-order valence-electron chi connectivity index (χ1n) is 5.01. The zero-order valence-electron chi connectivity index (χ0n) is 9.24. The molecule has 6 heteroatoms. The summed E-state index contributed by atoms with van der Waals surface area (Å²) in [5, 5.41) is 11.5. The van der Waals surface area contributed by atoms with E-state index >= 15 is 0 Å². The summed E-state index contributed by atoms with van der Waals surface area (Å²) in [7, 11) is 0. The minimum atomic E-state index is -0.617. The second kappa shape index (κ2) is 6.42. The van der Waals surface area contributed by atoms with Crippen molar-refractivity contribution in [1.29, 1.82) is 0 Å². The summed E-state index contributed by atoms with van der Waals surface area (Å²) in [5.41, 5.74) is 0. The fourth-order valence-corrected chi connectivity index (χ4v) is 1.27. The second-order valence-electron chi connectivity index (χ2n) is 3.52. The Morgan fingerprint density at radius 2 is 2.35 bits per heavy atom. The number of benzene rings is 1. The Morgan fingerprint density at radius 1 is 1.65 bits per heavy atom. The number of hydrogen-bond acceptors (Lipinski definition) is 3. The Bertz CT molecular complexity index is 398. The lowest BCUT2D eigenvalue weighted by atomic mass is 10.3. The summed E-state index contributed by atoms with van der Waals surface area (Å²) in [4.78, 5) is 11.2. The van der Waals surface area contributed by atoms with Crippen LogP contribution >= 0.6 is 11.6 Å². The van der Waals surface area contributed by atoms with Crippen LogP contribution in [0.4, 0.5) is 4.39 Å². The molecular weight excluding hydrogens is 249 g/mol. The van der Waals surface area contributed by atoms with E-state index in [1.54, 1.807) is 6.92 Å². The molecule has 1 amide bonds. The van der Waals surface area contributed by atoms with E-state index in [0.29, 0.717) is 0 Å². The number of amides is 1. The molecule has 0 spiro atoms. The summed E-state index contributed by atoms with van der Waals surface area (Å²) in [6.07, 6.45) is -0.617. The quantitative estimate of drug-likeness (QED) is 0.841. The van der Waals surface area contributed by atoms with Crippen molar-refractivity contribution in [2.75, 3.05) is 13.2 Å². The number of rotatable bonds is 5. The van der Waals surface area contributed by atoms with E-state index in [9.17, 15) is 9.18 Å². The zero-order valence-corrected chi connectivity index (χ0v) is 10.00. The number of aliphatic hydroxyl groups is 1. The summed E-state index contributed by atoms with van der Waals surface area (Å²) in [5.74, 6) is -0.618. The number of hydrogen-bond donors (Lipinski definition) is 2. The van der Waals surface area contributed by atoms with Gasteiger partial charge in [0, 0.05) is 6.54 Å². The normalized spacial score (nSPS) is 12.0. The minimum absolute atomic E-state index is 0.105. The molecule has 0 saturated carbocycles. The maximum Gasteiger partial charge on any atom is 0.258 e. The molecule has 1 rings (SSSR count). The van der Waals surface area contributed by atoms with Crippen molar-refractivity contribution in [1.82, 2.24) is 5.32 Å². The molecule has 0 bridgehead atoms. The number of carbonyl (C=O) groups is 1. The van der Waals surface area contributed by atoms with Crippen LogP contribution in [0, 0.1) is 5.82 Å². The van der Waals surface area contributed by atoms with Gasteiger partial charge in [-0.25, -0.2) is 4.39 Å². The summed E-state index contributed by atoms with van der Waals surface area (Å²) in [6.45, 7) is 1.47. The Morgan fingerprint density at radius 3 is 2.94 bits per heavy atom. The molecule has 0 heterocycles. The van der Waals surface area contributed by atoms with Gasteiger partial charge in [-0.1, -0.05) is 11.6 Å². The van der Waals surface area contributed by atoms with Crippen LogP contribution in [0.2, 0.25) is 5.02 Å². The first kappa shape index (κ1) is 13.7. The molecule has 4 nitrogen and oxygen atoms in total. The third kappa shape index (κ3) is 5.01. The van der Waals surface area contributed by atoms with E-state index < -0.39 is 11.9 Å². The SMILES string of the molecule is CC(O)CNC(=O)COc1ccc(F)cc1Cl. The maximum absolute atomic E-state index is 12.7. The largest absolute Gasteiger partial charge is 0.482 e. The van der Waals surface area contributed by atoms with Gasteiger partial charge in [0.15, 0.2) is 6.61 Å². The molecule has 0 radical (unpaired) electrons. The van der Waals surface area contributed by atoms with Crippen LogP contribution in [0.5, 0.6) is 5.75 Å². The van der Waals surface area contributed by atoms with Gasteiger partial charge in [0.2, 0.25) is 0 Å². The highest BCUT2D eigenvalue weighted by atomic mass is 35.5. The van der Waals surface area contributed by atoms with Crippen LogP contribution < -0.4 is 10.1 Å². The smallest absolute Gasteiger partial charge is 0.258 e. The molecule has 1 aromatic carbocycles. The Balaban J connectivity index is 2.42. The van der Waals surface area contributed by atoms with Crippen LogP contribution in [0.3, 0.4) is 0 Å². The highest BCUT2D eigenvalue weighted by molar-refractivity contribution is 6.32. The van der Waals surface area contributed by atoms with Crippen molar-refractivity contribution in [2.45, 2.75) is 13.0 Å². The number of ether oxygens (including phenoxy) is 1. The molecule has 0 aromatic heterocycles. The average molecular weight is 262 g/mol. The van der Waals surface area contributed by atoms with Crippen molar-refractivity contribution in [3.05, 3.63) is 29.0 Å². The van der Waals surface area contributed by atoms with Crippen molar-refractivity contribution >= 4 is 17.5 Å². The predicted octanol–water partition coefficient (Wildman–Crippen LogP) is 1.35. The van der Waals surface area contributed by atoms with Gasteiger partial charge in [-0.15, -0.1) is 0 Å². The number of nitrogens with one attached hydrogen (secondary N) is 1. The van der Waals surface area contributed by atoms with Crippen LogP contribution in [0.25, 0.3) is 0 Å². The van der Waals surface area contributed by atoms with E-state index in [-0.39, 0.29) is 29.8 Å². The Labute approximate surface area is 103 Å². The highest BCUT2D eigenvalue weighted by Gasteiger charge is 2.07. The molecule has 0 aliphatic carbocycles. The summed E-state index contributed by atoms with van der Waals surface area (Å²) >= 11 is 5.70. The standard InChI is InChI=1S/C11H13ClFNO3/c1-7(15)5-14-11(16)6-17-10-3-2-8(13)4-9(10)12/h2-4,7,15H,5-6H2,1H3,(H,14,16). The van der Waals surface area contributed by atoms with Crippen molar-refractivity contribution < 1.29 is 19.0 Å². The molecule has 0 saturated heterocycles. The first-order chi connectivity index (χ1) is 7.99. The fourth-order valence-electron chi connectivity index (χ4n) is 1.05. The first-order valence-corrected chi connectivity index (χ1v) is 5.39. The summed E-state index contributed by atoms with van der Waals surface area (Å²) < 4.78 is 17.8. The molecule has 1 atom stereocenters. The van der Waals surface area contributed by atoms with Gasteiger partial charge in [0.25, 0.3) is 5.91 Å². The molecule has 1 aromatic rings. The van der Waals surface area contributed by atoms with Gasteiger partial charge < -0.3 is 15.2 Å². The molecule has 17 heavy (non-hydrogen) atoms. The van der Waals surface area contributed by atoms with E-state index in [1.807, 2.05) is 0 Å². The molecule has 2 N–H and O–H groups in total. The Hall–Kier alpha value is -1.33. The van der Waals surface area contributed by atoms with Gasteiger partial charge in [-0.2, -0.15) is 0 Å². The minimum Gasteiger partial charge on any atom is -0.482 e. The second-order valence-corrected chi connectivity index (χ2v) is 3.92. The molecule has 0 aliphatic rings. The van der Waals surface area contributed by atoms with Gasteiger partial charge in [-0.3, -0.25) is 4.79 Å². The average Bonchev–Trinajstić information content (AvgIpc) is 2.25. The monoisotopic (exact) mass is 261 g/mol. The molecule has 1 unspecified atom stereocenters. The van der Waals surface area contributed by atoms with E-state index in [4.69, 9.17) is 21.4 Å². The number of aliphatic hydroxyl groups excluding tert-OH is 1. The molecule has 0 aliphatic heterocycles. The number of carbonyl (C=O) groups excluding carboxylic acids is 1. The van der Waals surface area contributed by atoms with Gasteiger partial charge in [-0.05, 0) is 25.1 Å². The van der Waals surface area contributed by atoms with Crippen molar-refractivity contribution in [3.8, 4) is 5.75 Å².